The van der Waals surface area contributed by atoms with Gasteiger partial charge in [-0.2, -0.15) is 0 Å². The van der Waals surface area contributed by atoms with Crippen LogP contribution >= 0.6 is 22.7 Å². The minimum absolute atomic E-state index is 1.23. The van der Waals surface area contributed by atoms with Crippen molar-refractivity contribution >= 4 is 106 Å². The Hall–Kier alpha value is -6.32. The van der Waals surface area contributed by atoms with E-state index in [1.165, 1.54) is 117 Å². The van der Waals surface area contributed by atoms with E-state index < -0.39 is 0 Å². The first kappa shape index (κ1) is 30.2. The van der Waals surface area contributed by atoms with E-state index in [0.29, 0.717) is 0 Å². The molecule has 0 spiro atoms. The van der Waals surface area contributed by atoms with Crippen LogP contribution in [-0.4, -0.2) is 0 Å². The lowest BCUT2D eigenvalue weighted by molar-refractivity contribution is 1.63. The quantitative estimate of drug-likeness (QED) is 0.160. The first-order valence-corrected chi connectivity index (χ1v) is 20.1. The third-order valence-corrected chi connectivity index (χ3v) is 13.7. The normalized spacial score (nSPS) is 12.1. The summed E-state index contributed by atoms with van der Waals surface area (Å²) in [6.07, 6.45) is 0. The van der Waals surface area contributed by atoms with E-state index in [4.69, 9.17) is 0 Å². The summed E-state index contributed by atoms with van der Waals surface area (Å²) >= 11 is 3.84. The van der Waals surface area contributed by atoms with Crippen molar-refractivity contribution in [2.75, 3.05) is 0 Å². The summed E-state index contributed by atoms with van der Waals surface area (Å²) < 4.78 is 5.44. The van der Waals surface area contributed by atoms with Crippen molar-refractivity contribution in [3.63, 3.8) is 0 Å². The van der Waals surface area contributed by atoms with Gasteiger partial charge in [-0.05, 0) is 113 Å². The van der Waals surface area contributed by atoms with E-state index in [-0.39, 0.29) is 0 Å². The average Bonchev–Trinajstić information content (AvgIpc) is 3.81. The maximum absolute atomic E-state index is 2.42. The van der Waals surface area contributed by atoms with Gasteiger partial charge in [0.25, 0.3) is 0 Å². The molecule has 0 bridgehead atoms. The number of benzene rings is 10. The molecule has 2 heterocycles. The van der Waals surface area contributed by atoms with E-state index in [1.807, 2.05) is 22.7 Å². The van der Waals surface area contributed by atoms with Crippen molar-refractivity contribution in [1.82, 2.24) is 0 Å². The Labute approximate surface area is 319 Å². The van der Waals surface area contributed by atoms with Gasteiger partial charge in [0, 0.05) is 40.3 Å². The lowest BCUT2D eigenvalue weighted by Gasteiger charge is -2.18. The summed E-state index contributed by atoms with van der Waals surface area (Å²) in [5, 5.41) is 15.7. The minimum Gasteiger partial charge on any atom is -0.135 e. The Bertz CT molecular complexity index is 3450. The Balaban J connectivity index is 1.05. The third-order valence-electron chi connectivity index (χ3n) is 11.4. The molecule has 12 rings (SSSR count). The Kier molecular flexibility index (Phi) is 6.48. The van der Waals surface area contributed by atoms with Gasteiger partial charge in [0.05, 0.1) is 0 Å². The highest BCUT2D eigenvalue weighted by atomic mass is 32.1. The fraction of sp³-hybridized carbons (Fsp3) is 0. The summed E-state index contributed by atoms with van der Waals surface area (Å²) in [4.78, 5) is 0. The average molecular weight is 719 g/mol. The number of rotatable bonds is 3. The number of hydrogen-bond acceptors (Lipinski definition) is 2. The molecule has 0 aliphatic heterocycles. The highest BCUT2D eigenvalue weighted by molar-refractivity contribution is 7.30. The molecule has 250 valence electrons. The number of hydrogen-bond donors (Lipinski definition) is 0. The number of thiophene rings is 2. The second-order valence-electron chi connectivity index (χ2n) is 14.4. The zero-order valence-electron chi connectivity index (χ0n) is 29.1. The van der Waals surface area contributed by atoms with Gasteiger partial charge in [0.15, 0.2) is 0 Å². The maximum Gasteiger partial charge on any atom is 0.0448 e. The van der Waals surface area contributed by atoms with Crippen LogP contribution in [0.2, 0.25) is 0 Å². The largest absolute Gasteiger partial charge is 0.135 e. The molecule has 2 aromatic heterocycles. The summed E-state index contributed by atoms with van der Waals surface area (Å²) in [6.45, 7) is 0. The molecule has 10 aromatic carbocycles. The van der Waals surface area contributed by atoms with E-state index in [9.17, 15) is 0 Å². The van der Waals surface area contributed by atoms with Crippen molar-refractivity contribution in [3.05, 3.63) is 182 Å². The molecule has 12 aromatic rings. The van der Waals surface area contributed by atoms with Gasteiger partial charge in [0.1, 0.15) is 0 Å². The van der Waals surface area contributed by atoms with E-state index in [0.717, 1.165) is 0 Å². The lowest BCUT2D eigenvalue weighted by atomic mass is 9.85. The SMILES string of the molecule is c1cc(-c2ccc3sc4c(ccc5sc6ccc7ccccc7c6c54)c3c2)cc(-c2c3ccccc3c(-c3ccc4ccccc4c3)c3ccccc23)c1. The zero-order valence-corrected chi connectivity index (χ0v) is 30.8. The predicted molar refractivity (Wildman–Crippen MR) is 239 cm³/mol. The van der Waals surface area contributed by atoms with Gasteiger partial charge >= 0.3 is 0 Å². The molecule has 0 atom stereocenters. The molecular formula is C52H30S2. The number of fused-ring (bicyclic) bond motifs is 12. The molecule has 0 aliphatic rings. The van der Waals surface area contributed by atoms with Crippen LogP contribution in [0, 0.1) is 0 Å². The third kappa shape index (κ3) is 4.42. The molecule has 0 amide bonds. The standard InChI is InChI=1S/C52H30S2/c1-2-12-33-28-37(21-20-31(33)10-1)49-41-18-7-5-16-39(41)48(40-17-6-8-19-42(40)49)36-14-9-13-34(29-36)35-23-25-45-44(30-35)43-24-27-47-51(52(43)54-45)50-38-15-4-3-11-32(38)22-26-46(50)53-47/h1-30H. The summed E-state index contributed by atoms with van der Waals surface area (Å²) in [5.41, 5.74) is 7.53. The molecule has 0 radical (unpaired) electrons. The Morgan fingerprint density at radius 3 is 1.56 bits per heavy atom. The summed E-state index contributed by atoms with van der Waals surface area (Å²) in [7, 11) is 0. The molecule has 0 nitrogen and oxygen atoms in total. The monoisotopic (exact) mass is 718 g/mol. The van der Waals surface area contributed by atoms with Gasteiger partial charge in [-0.25, -0.2) is 0 Å². The molecular weight excluding hydrogens is 689 g/mol. The Morgan fingerprint density at radius 1 is 0.259 bits per heavy atom. The van der Waals surface area contributed by atoms with Crippen LogP contribution in [0.5, 0.6) is 0 Å². The fourth-order valence-corrected chi connectivity index (χ4v) is 11.4. The molecule has 0 unspecified atom stereocenters. The van der Waals surface area contributed by atoms with Crippen molar-refractivity contribution in [3.8, 4) is 33.4 Å². The summed E-state index contributed by atoms with van der Waals surface area (Å²) in [6, 6.07) is 67.8. The van der Waals surface area contributed by atoms with Crippen LogP contribution < -0.4 is 0 Å². The summed E-state index contributed by atoms with van der Waals surface area (Å²) in [5.74, 6) is 0. The van der Waals surface area contributed by atoms with Gasteiger partial charge < -0.3 is 0 Å². The molecule has 2 heteroatoms. The predicted octanol–water partition coefficient (Wildman–Crippen LogP) is 16.0. The molecule has 0 aliphatic carbocycles. The van der Waals surface area contributed by atoms with Gasteiger partial charge in [-0.1, -0.05) is 146 Å². The van der Waals surface area contributed by atoms with Gasteiger partial charge in [-0.3, -0.25) is 0 Å². The maximum atomic E-state index is 2.42. The topological polar surface area (TPSA) is 0 Å². The highest BCUT2D eigenvalue weighted by Gasteiger charge is 2.19. The molecule has 0 saturated carbocycles. The van der Waals surface area contributed by atoms with Gasteiger partial charge in [-0.15, -0.1) is 22.7 Å². The smallest absolute Gasteiger partial charge is 0.0448 e. The first-order chi connectivity index (χ1) is 26.8. The fourth-order valence-electron chi connectivity index (χ4n) is 8.99. The van der Waals surface area contributed by atoms with Crippen LogP contribution in [0.15, 0.2) is 182 Å². The van der Waals surface area contributed by atoms with Crippen molar-refractivity contribution < 1.29 is 0 Å². The van der Waals surface area contributed by atoms with Crippen molar-refractivity contribution in [2.45, 2.75) is 0 Å². The van der Waals surface area contributed by atoms with Crippen LogP contribution in [0.25, 0.3) is 117 Å². The minimum atomic E-state index is 1.23. The second-order valence-corrected chi connectivity index (χ2v) is 16.5. The zero-order chi connectivity index (χ0) is 35.3. The van der Waals surface area contributed by atoms with Crippen molar-refractivity contribution in [2.24, 2.45) is 0 Å². The molecule has 0 N–H and O–H groups in total. The van der Waals surface area contributed by atoms with E-state index in [2.05, 4.69) is 182 Å². The highest BCUT2D eigenvalue weighted by Crippen LogP contribution is 2.48. The van der Waals surface area contributed by atoms with Crippen LogP contribution in [0.1, 0.15) is 0 Å². The van der Waals surface area contributed by atoms with Crippen LogP contribution in [0.3, 0.4) is 0 Å². The first-order valence-electron chi connectivity index (χ1n) is 18.5. The molecule has 0 fully saturated rings. The molecule has 54 heavy (non-hydrogen) atoms. The molecule has 0 saturated heterocycles. The van der Waals surface area contributed by atoms with Gasteiger partial charge in [0.2, 0.25) is 0 Å². The Morgan fingerprint density at radius 2 is 0.796 bits per heavy atom. The van der Waals surface area contributed by atoms with Crippen LogP contribution in [-0.2, 0) is 0 Å². The lowest BCUT2D eigenvalue weighted by Crippen LogP contribution is -1.91. The van der Waals surface area contributed by atoms with Crippen LogP contribution in [0.4, 0.5) is 0 Å². The van der Waals surface area contributed by atoms with E-state index in [1.54, 1.807) is 0 Å². The van der Waals surface area contributed by atoms with E-state index >= 15 is 0 Å². The van der Waals surface area contributed by atoms with Crippen molar-refractivity contribution in [1.29, 1.82) is 0 Å². The second kappa shape index (κ2) is 11.6.